The van der Waals surface area contributed by atoms with Gasteiger partial charge in [0.1, 0.15) is 39.1 Å². The molecular weight excluding hydrogens is 1460 g/mol. The van der Waals surface area contributed by atoms with Crippen molar-refractivity contribution >= 4 is 180 Å². The summed E-state index contributed by atoms with van der Waals surface area (Å²) in [5.41, 5.74) is 40.3. The topological polar surface area (TPSA) is 65.5 Å². The predicted molar refractivity (Wildman–Crippen MR) is 501 cm³/mol. The largest absolute Gasteiger partial charge is 0.456 e. The highest BCUT2D eigenvalue weighted by atomic mass is 16.3. The third-order valence-corrected chi connectivity index (χ3v) is 28.1. The number of anilines is 10. The Hall–Kier alpha value is -14.0. The third kappa shape index (κ3) is 8.86. The zero-order valence-corrected chi connectivity index (χ0v) is 68.4. The summed E-state index contributed by atoms with van der Waals surface area (Å²) in [5, 5.41) is 8.65. The maximum atomic E-state index is 7.96. The number of rotatable bonds is 5. The summed E-state index contributed by atoms with van der Waals surface area (Å²) in [6.45, 7) is 22.9. The molecule has 0 bridgehead atoms. The number of nitrogens with zero attached hydrogens (tertiary/aromatic N) is 4. The van der Waals surface area contributed by atoms with E-state index in [1.54, 1.807) is 0 Å². The SMILES string of the molecule is CC(C)(C)c1ccc(N2c3cc4oc5c(-c6ccc7c(c6)C(C)(C)c6cccc8c6N7B6c7ccc9c(oc%10ccccc%109)c7N(c7ccc(C(C)(C)C)cc7-c7ccccc7)c7cc9c(oc%10ccccc%109)c-8c76)cccc5c4c4c3B(c3c2ccc2c3oc3ccccc32)N2c3ccccc3C(C)(C)c3cccc-4c32)c(-c2ccccc2)c1. The summed E-state index contributed by atoms with van der Waals surface area (Å²) in [5.74, 6) is 0. The van der Waals surface area contributed by atoms with Gasteiger partial charge in [0, 0.05) is 139 Å². The lowest BCUT2D eigenvalue weighted by Gasteiger charge is -2.51. The van der Waals surface area contributed by atoms with Gasteiger partial charge in [0.25, 0.3) is 0 Å². The van der Waals surface area contributed by atoms with E-state index >= 15 is 0 Å². The van der Waals surface area contributed by atoms with Crippen molar-refractivity contribution in [3.8, 4) is 55.6 Å². The zero-order valence-electron chi connectivity index (χ0n) is 68.4. The van der Waals surface area contributed by atoms with E-state index < -0.39 is 5.41 Å². The van der Waals surface area contributed by atoms with E-state index in [9.17, 15) is 0 Å². The van der Waals surface area contributed by atoms with Crippen molar-refractivity contribution in [2.24, 2.45) is 0 Å². The fourth-order valence-electron chi connectivity index (χ4n) is 22.4. The molecule has 0 aliphatic carbocycles. The molecule has 0 N–H and O–H groups in total. The summed E-state index contributed by atoms with van der Waals surface area (Å²) in [6, 6.07) is 114. The first kappa shape index (κ1) is 68.1. The van der Waals surface area contributed by atoms with Gasteiger partial charge in [-0.25, -0.2) is 0 Å². The standard InChI is InChI=1S/C110H80B2N4O4/c1-107(2,3)64-47-53-83(75(57-64)61-28-13-11-14-29-61)113-87-55-50-70-67-32-17-22-43-90(67)118-105(70)99(87)112-97-89(113)60-93-94(95(97)72-36-26-40-79-100(72)116(112)85-42-21-20-39-78(85)109(79,7)8)74-38-25-35-66(103(74)120-93)63-46-52-86-81(56-63)110(9,10)80-41-27-37-73-96-98-88(59-77-69-34-19-24-45-92(69)117-104(77)96)114(84-54-48-65(108(4,5)6)58-76(84)62-30-15-12-16-31-62)102-82(111(98)115(86)101(73)80)51-49-71-68-33-18-23-44-91(68)119-106(71)102/h11-60H,1-10H3. The van der Waals surface area contributed by atoms with Crippen LogP contribution in [0.2, 0.25) is 0 Å². The monoisotopic (exact) mass is 1540 g/mol. The number of fused-ring (bicyclic) bond motifs is 28. The second-order valence-electron chi connectivity index (χ2n) is 37.3. The lowest BCUT2D eigenvalue weighted by Crippen LogP contribution is -2.63. The van der Waals surface area contributed by atoms with Gasteiger partial charge in [0.2, 0.25) is 0 Å². The molecule has 16 aromatic carbocycles. The number of furan rings is 4. The minimum Gasteiger partial charge on any atom is -0.456 e. The minimum atomic E-state index is -0.529. The lowest BCUT2D eigenvalue weighted by molar-refractivity contribution is 0.590. The van der Waals surface area contributed by atoms with Gasteiger partial charge in [-0.05, 0) is 162 Å². The minimum absolute atomic E-state index is 0.130. The van der Waals surface area contributed by atoms with Gasteiger partial charge in [0.15, 0.2) is 5.58 Å². The van der Waals surface area contributed by atoms with E-state index in [0.29, 0.717) is 0 Å². The van der Waals surface area contributed by atoms with Crippen LogP contribution in [0.25, 0.3) is 143 Å². The molecule has 0 spiro atoms. The highest BCUT2D eigenvalue weighted by Crippen LogP contribution is 2.63. The molecule has 120 heavy (non-hydrogen) atoms. The van der Waals surface area contributed by atoms with Gasteiger partial charge in [0.05, 0.1) is 17.1 Å². The number of hydrogen-bond donors (Lipinski definition) is 0. The van der Waals surface area contributed by atoms with Gasteiger partial charge < -0.3 is 37.1 Å². The summed E-state index contributed by atoms with van der Waals surface area (Å²) in [4.78, 5) is 10.5. The Morgan fingerprint density at radius 3 is 1.40 bits per heavy atom. The summed E-state index contributed by atoms with van der Waals surface area (Å²) in [7, 11) is 0. The summed E-state index contributed by atoms with van der Waals surface area (Å²) < 4.78 is 30.2. The first-order valence-corrected chi connectivity index (χ1v) is 42.3. The van der Waals surface area contributed by atoms with Gasteiger partial charge in [-0.1, -0.05) is 288 Å². The maximum absolute atomic E-state index is 7.96. The average Bonchev–Trinajstić information content (AvgIpc) is 0.792. The molecule has 0 unspecified atom stereocenters. The molecule has 0 radical (unpaired) electrons. The first-order chi connectivity index (χ1) is 58.3. The summed E-state index contributed by atoms with van der Waals surface area (Å²) >= 11 is 0. The Morgan fingerprint density at radius 1 is 0.267 bits per heavy atom. The summed E-state index contributed by atoms with van der Waals surface area (Å²) in [6.07, 6.45) is 0. The molecule has 4 aromatic heterocycles. The molecule has 6 aliphatic heterocycles. The smallest absolute Gasteiger partial charge is 0.337 e. The molecule has 8 nitrogen and oxygen atoms in total. The number of hydrogen-bond acceptors (Lipinski definition) is 8. The fraction of sp³-hybridized carbons (Fsp3) is 0.127. The van der Waals surface area contributed by atoms with Crippen molar-refractivity contribution in [1.82, 2.24) is 0 Å². The second kappa shape index (κ2) is 23.5. The molecule has 0 saturated carbocycles. The molecule has 10 heteroatoms. The van der Waals surface area contributed by atoms with E-state index in [1.165, 1.54) is 72.5 Å². The Balaban J connectivity index is 0.733. The number of benzene rings is 16. The molecule has 0 saturated heterocycles. The molecule has 0 fully saturated rings. The quantitative estimate of drug-likeness (QED) is 0.158. The van der Waals surface area contributed by atoms with Crippen molar-refractivity contribution in [2.45, 2.75) is 90.9 Å². The van der Waals surface area contributed by atoms with Crippen LogP contribution >= 0.6 is 0 Å². The van der Waals surface area contributed by atoms with Gasteiger partial charge in [-0.15, -0.1) is 0 Å². The molecule has 570 valence electrons. The normalized spacial score (nSPS) is 14.9. The van der Waals surface area contributed by atoms with Gasteiger partial charge in [-0.3, -0.25) is 0 Å². The van der Waals surface area contributed by atoms with Crippen molar-refractivity contribution in [3.63, 3.8) is 0 Å². The average molecular weight is 1540 g/mol. The highest BCUT2D eigenvalue weighted by Gasteiger charge is 2.55. The van der Waals surface area contributed by atoms with E-state index in [2.05, 4.69) is 392 Å². The highest BCUT2D eigenvalue weighted by molar-refractivity contribution is 6.96. The van der Waals surface area contributed by atoms with Crippen LogP contribution in [-0.4, -0.2) is 13.7 Å². The zero-order chi connectivity index (χ0) is 80.2. The predicted octanol–water partition coefficient (Wildman–Crippen LogP) is 27.6. The molecular formula is C110H80B2N4O4. The van der Waals surface area contributed by atoms with Crippen LogP contribution in [0.15, 0.2) is 321 Å². The van der Waals surface area contributed by atoms with E-state index in [1.807, 2.05) is 0 Å². The van der Waals surface area contributed by atoms with Crippen molar-refractivity contribution in [2.75, 3.05) is 19.4 Å². The van der Waals surface area contributed by atoms with Crippen LogP contribution in [0.1, 0.15) is 103 Å². The molecule has 20 aromatic rings. The Morgan fingerprint density at radius 2 is 0.742 bits per heavy atom. The Labute approximate surface area is 695 Å². The third-order valence-electron chi connectivity index (χ3n) is 28.1. The fourth-order valence-corrected chi connectivity index (χ4v) is 22.4. The van der Waals surface area contributed by atoms with Crippen LogP contribution < -0.4 is 41.3 Å². The van der Waals surface area contributed by atoms with Crippen LogP contribution in [0, 0.1) is 0 Å². The molecule has 26 rings (SSSR count). The molecule has 6 aliphatic rings. The maximum Gasteiger partial charge on any atom is 0.337 e. The molecule has 10 heterocycles. The Bertz CT molecular complexity index is 8000. The Kier molecular flexibility index (Phi) is 13.3. The van der Waals surface area contributed by atoms with Crippen LogP contribution in [0.3, 0.4) is 0 Å². The van der Waals surface area contributed by atoms with Gasteiger partial charge in [-0.2, -0.15) is 0 Å². The lowest BCUT2D eigenvalue weighted by atomic mass is 9.42. The van der Waals surface area contributed by atoms with Crippen molar-refractivity contribution in [1.29, 1.82) is 0 Å². The molecule has 0 amide bonds. The van der Waals surface area contributed by atoms with Crippen molar-refractivity contribution in [3.05, 3.63) is 337 Å². The van der Waals surface area contributed by atoms with E-state index in [4.69, 9.17) is 17.7 Å². The van der Waals surface area contributed by atoms with E-state index in [0.717, 1.165) is 183 Å². The molecule has 0 atom stereocenters. The van der Waals surface area contributed by atoms with Crippen LogP contribution in [0.4, 0.5) is 56.9 Å². The van der Waals surface area contributed by atoms with Crippen molar-refractivity contribution < 1.29 is 17.7 Å². The van der Waals surface area contributed by atoms with E-state index in [-0.39, 0.29) is 29.9 Å². The second-order valence-corrected chi connectivity index (χ2v) is 37.3. The van der Waals surface area contributed by atoms with Crippen LogP contribution in [0.5, 0.6) is 0 Å². The number of para-hydroxylation sites is 7. The van der Waals surface area contributed by atoms with Gasteiger partial charge >= 0.3 is 13.7 Å². The first-order valence-electron chi connectivity index (χ1n) is 42.3. The van der Waals surface area contributed by atoms with Crippen LogP contribution in [-0.2, 0) is 21.7 Å².